The normalized spacial score (nSPS) is 10.9. The van der Waals surface area contributed by atoms with Crippen LogP contribution in [0.15, 0.2) is 59.5 Å². The molecule has 0 atom stereocenters. The monoisotopic (exact) mass is 299 g/mol. The number of hydrogen-bond donors (Lipinski definition) is 0. The molecule has 3 aromatic rings. The van der Waals surface area contributed by atoms with Gasteiger partial charge in [0.2, 0.25) is 0 Å². The van der Waals surface area contributed by atoms with Gasteiger partial charge in [-0.3, -0.25) is 4.40 Å². The second kappa shape index (κ2) is 6.91. The first-order chi connectivity index (χ1) is 10.8. The van der Waals surface area contributed by atoms with Crippen molar-refractivity contribution in [2.75, 3.05) is 19.8 Å². The highest BCUT2D eigenvalue weighted by molar-refractivity contribution is 5.35. The zero-order chi connectivity index (χ0) is 15.2. The summed E-state index contributed by atoms with van der Waals surface area (Å²) in [7, 11) is 0. The van der Waals surface area contributed by atoms with Crippen molar-refractivity contribution in [1.82, 2.24) is 14.2 Å². The van der Waals surface area contributed by atoms with Gasteiger partial charge in [-0.2, -0.15) is 0 Å². The lowest BCUT2D eigenvalue weighted by atomic mass is 10.3. The van der Waals surface area contributed by atoms with Crippen LogP contribution in [0.2, 0.25) is 0 Å². The Kier molecular flexibility index (Phi) is 4.50. The summed E-state index contributed by atoms with van der Waals surface area (Å²) in [5.41, 5.74) is 0.486. The molecule has 3 rings (SSSR count). The first-order valence-corrected chi connectivity index (χ1v) is 7.14. The summed E-state index contributed by atoms with van der Waals surface area (Å²) < 4.78 is 13.9. The molecule has 6 heteroatoms. The van der Waals surface area contributed by atoms with Gasteiger partial charge in [-0.05, 0) is 24.3 Å². The van der Waals surface area contributed by atoms with Gasteiger partial charge in [0.25, 0.3) is 0 Å². The molecular formula is C16H17N3O3. The molecule has 114 valence electrons. The van der Waals surface area contributed by atoms with Crippen molar-refractivity contribution in [1.29, 1.82) is 0 Å². The van der Waals surface area contributed by atoms with Gasteiger partial charge < -0.3 is 9.47 Å². The van der Waals surface area contributed by atoms with E-state index in [4.69, 9.17) is 9.47 Å². The third-order valence-corrected chi connectivity index (χ3v) is 3.18. The van der Waals surface area contributed by atoms with Gasteiger partial charge in [0, 0.05) is 6.20 Å². The van der Waals surface area contributed by atoms with Crippen molar-refractivity contribution in [3.8, 4) is 5.75 Å². The van der Waals surface area contributed by atoms with Crippen molar-refractivity contribution in [2.45, 2.75) is 6.54 Å². The molecule has 0 spiro atoms. The van der Waals surface area contributed by atoms with E-state index in [0.29, 0.717) is 32.0 Å². The van der Waals surface area contributed by atoms with E-state index in [-0.39, 0.29) is 5.69 Å². The largest absolute Gasteiger partial charge is 0.491 e. The number of rotatable bonds is 7. The molecule has 22 heavy (non-hydrogen) atoms. The van der Waals surface area contributed by atoms with Crippen molar-refractivity contribution in [2.24, 2.45) is 0 Å². The molecule has 6 nitrogen and oxygen atoms in total. The topological polar surface area (TPSA) is 57.8 Å². The lowest BCUT2D eigenvalue weighted by Crippen LogP contribution is -2.23. The average Bonchev–Trinajstić information content (AvgIpc) is 2.88. The van der Waals surface area contributed by atoms with Crippen LogP contribution < -0.4 is 10.4 Å². The van der Waals surface area contributed by atoms with Crippen LogP contribution in [0.25, 0.3) is 5.65 Å². The van der Waals surface area contributed by atoms with E-state index < -0.39 is 0 Å². The first-order valence-electron chi connectivity index (χ1n) is 7.14. The summed E-state index contributed by atoms with van der Waals surface area (Å²) >= 11 is 0. The fraction of sp³-hybridized carbons (Fsp3) is 0.250. The lowest BCUT2D eigenvalue weighted by molar-refractivity contribution is 0.0921. The van der Waals surface area contributed by atoms with Crippen molar-refractivity contribution >= 4 is 5.65 Å². The lowest BCUT2D eigenvalue weighted by Gasteiger charge is -2.06. The van der Waals surface area contributed by atoms with Crippen molar-refractivity contribution in [3.63, 3.8) is 0 Å². The molecule has 0 saturated heterocycles. The SMILES string of the molecule is O=c1n(CCOCCOc2ccccc2)nc2ccccn12. The van der Waals surface area contributed by atoms with E-state index in [9.17, 15) is 4.79 Å². The van der Waals surface area contributed by atoms with Gasteiger partial charge in [-0.25, -0.2) is 9.48 Å². The highest BCUT2D eigenvalue weighted by Gasteiger charge is 2.05. The number of para-hydroxylation sites is 1. The predicted octanol–water partition coefficient (Wildman–Crippen LogP) is 1.59. The average molecular weight is 299 g/mol. The van der Waals surface area contributed by atoms with Gasteiger partial charge in [0.05, 0.1) is 19.8 Å². The van der Waals surface area contributed by atoms with E-state index in [2.05, 4.69) is 5.10 Å². The van der Waals surface area contributed by atoms with Crippen LogP contribution in [0.3, 0.4) is 0 Å². The summed E-state index contributed by atoms with van der Waals surface area (Å²) in [5.74, 6) is 0.822. The number of pyridine rings is 1. The molecule has 1 aromatic carbocycles. The minimum atomic E-state index is -0.153. The second-order valence-corrected chi connectivity index (χ2v) is 4.71. The molecule has 0 N–H and O–H groups in total. The summed E-state index contributed by atoms with van der Waals surface area (Å²) in [6.07, 6.45) is 1.70. The Labute approximate surface area is 127 Å². The standard InChI is InChI=1S/C16H17N3O3/c20-16-18-9-5-4-8-15(18)17-19(16)10-11-21-12-13-22-14-6-2-1-3-7-14/h1-9H,10-13H2. The van der Waals surface area contributed by atoms with E-state index in [1.165, 1.54) is 9.08 Å². The third kappa shape index (κ3) is 3.35. The summed E-state index contributed by atoms with van der Waals surface area (Å²) in [4.78, 5) is 12.0. The summed E-state index contributed by atoms with van der Waals surface area (Å²) in [5, 5.41) is 4.23. The molecule has 0 amide bonds. The minimum Gasteiger partial charge on any atom is -0.491 e. The van der Waals surface area contributed by atoms with Crippen LogP contribution >= 0.6 is 0 Å². The Bertz CT molecular complexity index is 780. The van der Waals surface area contributed by atoms with E-state index in [1.807, 2.05) is 36.4 Å². The maximum atomic E-state index is 12.0. The minimum absolute atomic E-state index is 0.153. The Balaban J connectivity index is 1.43. The highest BCUT2D eigenvalue weighted by atomic mass is 16.5. The summed E-state index contributed by atoms with van der Waals surface area (Å²) in [6.45, 7) is 1.79. The molecule has 0 bridgehead atoms. The van der Waals surface area contributed by atoms with E-state index >= 15 is 0 Å². The fourth-order valence-corrected chi connectivity index (χ4v) is 2.10. The van der Waals surface area contributed by atoms with Crippen LogP contribution in [0.5, 0.6) is 5.75 Å². The fourth-order valence-electron chi connectivity index (χ4n) is 2.10. The molecule has 0 radical (unpaired) electrons. The maximum Gasteiger partial charge on any atom is 0.350 e. The second-order valence-electron chi connectivity index (χ2n) is 4.71. The van der Waals surface area contributed by atoms with E-state index in [0.717, 1.165) is 5.75 Å². The Morgan fingerprint density at radius 3 is 2.59 bits per heavy atom. The van der Waals surface area contributed by atoms with Gasteiger partial charge in [-0.1, -0.05) is 24.3 Å². The first kappa shape index (κ1) is 14.3. The van der Waals surface area contributed by atoms with E-state index in [1.54, 1.807) is 18.3 Å². The van der Waals surface area contributed by atoms with Crippen LogP contribution in [-0.4, -0.2) is 34.0 Å². The number of hydrogen-bond acceptors (Lipinski definition) is 4. The van der Waals surface area contributed by atoms with Gasteiger partial charge >= 0.3 is 5.69 Å². The zero-order valence-electron chi connectivity index (χ0n) is 12.1. The third-order valence-electron chi connectivity index (χ3n) is 3.18. The van der Waals surface area contributed by atoms with Crippen LogP contribution in [0.1, 0.15) is 0 Å². The van der Waals surface area contributed by atoms with Crippen molar-refractivity contribution < 1.29 is 9.47 Å². The molecule has 0 fully saturated rings. The van der Waals surface area contributed by atoms with Crippen LogP contribution in [0, 0.1) is 0 Å². The Hall–Kier alpha value is -2.60. The van der Waals surface area contributed by atoms with Crippen LogP contribution in [-0.2, 0) is 11.3 Å². The van der Waals surface area contributed by atoms with Gasteiger partial charge in [0.15, 0.2) is 5.65 Å². The molecular weight excluding hydrogens is 282 g/mol. The summed E-state index contributed by atoms with van der Waals surface area (Å²) in [6, 6.07) is 15.0. The van der Waals surface area contributed by atoms with Crippen LogP contribution in [0.4, 0.5) is 0 Å². The molecule has 2 aromatic heterocycles. The Morgan fingerprint density at radius 1 is 0.955 bits per heavy atom. The number of benzene rings is 1. The van der Waals surface area contributed by atoms with Gasteiger partial charge in [0.1, 0.15) is 12.4 Å². The molecule has 0 aliphatic rings. The maximum absolute atomic E-state index is 12.0. The van der Waals surface area contributed by atoms with Gasteiger partial charge in [-0.15, -0.1) is 5.10 Å². The molecule has 0 unspecified atom stereocenters. The number of fused-ring (bicyclic) bond motifs is 1. The highest BCUT2D eigenvalue weighted by Crippen LogP contribution is 2.07. The molecule has 2 heterocycles. The zero-order valence-corrected chi connectivity index (χ0v) is 12.1. The predicted molar refractivity (Wildman–Crippen MR) is 82.2 cm³/mol. The molecule has 0 aliphatic carbocycles. The smallest absolute Gasteiger partial charge is 0.350 e. The number of aromatic nitrogens is 3. The van der Waals surface area contributed by atoms with Crippen molar-refractivity contribution in [3.05, 3.63) is 65.2 Å². The Morgan fingerprint density at radius 2 is 1.77 bits per heavy atom. The molecule has 0 aliphatic heterocycles. The quantitative estimate of drug-likeness (QED) is 0.622. The number of nitrogens with zero attached hydrogens (tertiary/aromatic N) is 3. The molecule has 0 saturated carbocycles. The number of ether oxygens (including phenoxy) is 2.